The molecular formula is C24H31FN4O3. The number of halogens is 1. The third-order valence-electron chi connectivity index (χ3n) is 6.75. The molecule has 1 aromatic carbocycles. The first kappa shape index (κ1) is 22.3. The monoisotopic (exact) mass is 442 g/mol. The molecule has 2 aromatic rings. The van der Waals surface area contributed by atoms with E-state index in [1.807, 2.05) is 6.92 Å². The summed E-state index contributed by atoms with van der Waals surface area (Å²) in [5.41, 5.74) is 0.128. The summed E-state index contributed by atoms with van der Waals surface area (Å²) in [6.07, 6.45) is 5.72. The quantitative estimate of drug-likeness (QED) is 0.714. The second kappa shape index (κ2) is 8.56. The molecule has 1 atom stereocenters. The molecule has 0 bridgehead atoms. The Morgan fingerprint density at radius 2 is 1.97 bits per heavy atom. The van der Waals surface area contributed by atoms with Crippen LogP contribution >= 0.6 is 0 Å². The van der Waals surface area contributed by atoms with Gasteiger partial charge in [-0.15, -0.1) is 0 Å². The van der Waals surface area contributed by atoms with Gasteiger partial charge in [-0.2, -0.15) is 0 Å². The van der Waals surface area contributed by atoms with E-state index in [-0.39, 0.29) is 30.3 Å². The Kier molecular flexibility index (Phi) is 5.97. The Morgan fingerprint density at radius 1 is 1.25 bits per heavy atom. The van der Waals surface area contributed by atoms with Crippen LogP contribution in [0.5, 0.6) is 0 Å². The Labute approximate surface area is 187 Å². The highest BCUT2D eigenvalue weighted by Crippen LogP contribution is 2.39. The zero-order chi connectivity index (χ0) is 23.0. The van der Waals surface area contributed by atoms with E-state index in [0.717, 1.165) is 38.5 Å². The number of nitrogens with zero attached hydrogens (tertiary/aromatic N) is 2. The first-order valence-corrected chi connectivity index (χ1v) is 11.5. The molecule has 1 fully saturated rings. The van der Waals surface area contributed by atoms with Crippen LogP contribution in [0.3, 0.4) is 0 Å². The van der Waals surface area contributed by atoms with Crippen molar-refractivity contribution in [3.05, 3.63) is 29.7 Å². The highest BCUT2D eigenvalue weighted by Gasteiger charge is 2.49. The number of amides is 3. The van der Waals surface area contributed by atoms with Crippen LogP contribution in [0, 0.1) is 5.82 Å². The summed E-state index contributed by atoms with van der Waals surface area (Å²) in [7, 11) is 0. The van der Waals surface area contributed by atoms with Crippen LogP contribution in [0.1, 0.15) is 69.8 Å². The molecule has 3 amide bonds. The summed E-state index contributed by atoms with van der Waals surface area (Å²) in [6, 6.07) is 4.39. The largest absolute Gasteiger partial charge is 0.351 e. The average Bonchev–Trinajstić information content (AvgIpc) is 3.34. The molecule has 1 aromatic heterocycles. The number of hydrogen-bond donors (Lipinski definition) is 2. The van der Waals surface area contributed by atoms with Gasteiger partial charge in [-0.05, 0) is 44.4 Å². The maximum absolute atomic E-state index is 14.1. The van der Waals surface area contributed by atoms with Crippen molar-refractivity contribution in [2.45, 2.75) is 77.4 Å². The van der Waals surface area contributed by atoms with Crippen molar-refractivity contribution >= 4 is 34.3 Å². The number of hydrogen-bond acceptors (Lipinski definition) is 3. The van der Waals surface area contributed by atoms with Gasteiger partial charge >= 0.3 is 0 Å². The predicted octanol–water partition coefficient (Wildman–Crippen LogP) is 3.81. The van der Waals surface area contributed by atoms with Crippen molar-refractivity contribution < 1.29 is 18.8 Å². The molecule has 1 aliphatic heterocycles. The second-order valence-corrected chi connectivity index (χ2v) is 9.19. The molecular weight excluding hydrogens is 411 g/mol. The maximum Gasteiger partial charge on any atom is 0.273 e. The highest BCUT2D eigenvalue weighted by molar-refractivity contribution is 6.14. The van der Waals surface area contributed by atoms with Crippen LogP contribution in [-0.2, 0) is 16.1 Å². The third kappa shape index (κ3) is 3.76. The Balaban J connectivity index is 1.84. The molecule has 0 radical (unpaired) electrons. The fourth-order valence-corrected chi connectivity index (χ4v) is 5.03. The number of nitrogens with one attached hydrogen (secondary N) is 2. The summed E-state index contributed by atoms with van der Waals surface area (Å²) in [6.45, 7) is 5.86. The summed E-state index contributed by atoms with van der Waals surface area (Å²) < 4.78 is 15.8. The first-order valence-electron chi connectivity index (χ1n) is 11.5. The van der Waals surface area contributed by atoms with E-state index in [4.69, 9.17) is 0 Å². The van der Waals surface area contributed by atoms with Crippen molar-refractivity contribution in [1.29, 1.82) is 0 Å². The highest BCUT2D eigenvalue weighted by atomic mass is 19.1. The number of unbranched alkanes of at least 4 members (excludes halogenated alkanes) is 1. The van der Waals surface area contributed by atoms with Crippen molar-refractivity contribution in [2.24, 2.45) is 0 Å². The summed E-state index contributed by atoms with van der Waals surface area (Å²) in [4.78, 5) is 40.9. The molecule has 2 N–H and O–H groups in total. The van der Waals surface area contributed by atoms with E-state index >= 15 is 0 Å². The number of carbonyl (C=O) groups excluding carboxylic acids is 3. The van der Waals surface area contributed by atoms with Gasteiger partial charge in [-0.25, -0.2) is 4.39 Å². The van der Waals surface area contributed by atoms with E-state index in [0.29, 0.717) is 28.8 Å². The molecule has 1 saturated carbocycles. The van der Waals surface area contributed by atoms with E-state index < -0.39 is 11.4 Å². The van der Waals surface area contributed by atoms with Crippen LogP contribution in [0.2, 0.25) is 0 Å². The van der Waals surface area contributed by atoms with Crippen molar-refractivity contribution in [3.8, 4) is 0 Å². The number of rotatable bonds is 6. The number of anilines is 1. The molecule has 0 saturated heterocycles. The second-order valence-electron chi connectivity index (χ2n) is 9.19. The Morgan fingerprint density at radius 3 is 2.62 bits per heavy atom. The Bertz CT molecular complexity index is 1070. The van der Waals surface area contributed by atoms with Gasteiger partial charge in [0.15, 0.2) is 0 Å². The van der Waals surface area contributed by atoms with Crippen LogP contribution in [0.15, 0.2) is 18.2 Å². The summed E-state index contributed by atoms with van der Waals surface area (Å²) >= 11 is 0. The lowest BCUT2D eigenvalue weighted by Crippen LogP contribution is -2.65. The van der Waals surface area contributed by atoms with Crippen molar-refractivity contribution in [2.75, 3.05) is 11.9 Å². The molecule has 2 aliphatic rings. The van der Waals surface area contributed by atoms with E-state index in [1.54, 1.807) is 22.5 Å². The molecule has 4 rings (SSSR count). The minimum Gasteiger partial charge on any atom is -0.351 e. The predicted molar refractivity (Wildman–Crippen MR) is 121 cm³/mol. The number of fused-ring (bicyclic) bond motifs is 3. The third-order valence-corrected chi connectivity index (χ3v) is 6.75. The molecule has 2 heterocycles. The van der Waals surface area contributed by atoms with Gasteiger partial charge in [-0.1, -0.05) is 26.2 Å². The van der Waals surface area contributed by atoms with Crippen molar-refractivity contribution in [1.82, 2.24) is 14.8 Å². The van der Waals surface area contributed by atoms with Gasteiger partial charge in [0.1, 0.15) is 17.1 Å². The lowest BCUT2D eigenvalue weighted by Gasteiger charge is -2.44. The van der Waals surface area contributed by atoms with Gasteiger partial charge in [-0.3, -0.25) is 14.4 Å². The summed E-state index contributed by atoms with van der Waals surface area (Å²) in [5.74, 6) is -1.28. The molecule has 32 heavy (non-hydrogen) atoms. The summed E-state index contributed by atoms with van der Waals surface area (Å²) in [5, 5.41) is 6.36. The number of benzene rings is 1. The minimum absolute atomic E-state index is 0.134. The molecule has 8 heteroatoms. The number of aromatic nitrogens is 1. The van der Waals surface area contributed by atoms with Gasteiger partial charge in [0.05, 0.1) is 17.7 Å². The zero-order valence-electron chi connectivity index (χ0n) is 19.0. The molecule has 1 aliphatic carbocycles. The molecule has 7 nitrogen and oxygen atoms in total. The lowest BCUT2D eigenvalue weighted by atomic mass is 9.93. The first-order chi connectivity index (χ1) is 15.3. The maximum atomic E-state index is 14.1. The van der Waals surface area contributed by atoms with Gasteiger partial charge in [0, 0.05) is 24.9 Å². The van der Waals surface area contributed by atoms with Gasteiger partial charge < -0.3 is 20.1 Å². The van der Waals surface area contributed by atoms with Crippen LogP contribution in [-0.4, -0.2) is 45.3 Å². The standard InChI is InChI=1S/C24H31FN4O3/c1-4-5-12-29-22(31)21-20(26-15(2)30)18-13-16(25)10-11-19(18)28(21)14-24(29,3)23(32)27-17-8-6-7-9-17/h10-11,13,17H,4-9,12,14H2,1-3H3,(H,26,30)(H,27,32)/t24-/m1/s1. The average molecular weight is 443 g/mol. The van der Waals surface area contributed by atoms with E-state index in [1.165, 1.54) is 19.1 Å². The fraction of sp³-hybridized carbons (Fsp3) is 0.542. The fourth-order valence-electron chi connectivity index (χ4n) is 5.03. The molecule has 172 valence electrons. The van der Waals surface area contributed by atoms with Crippen LogP contribution < -0.4 is 10.6 Å². The normalized spacial score (nSPS) is 21.1. The minimum atomic E-state index is -1.09. The van der Waals surface area contributed by atoms with Gasteiger partial charge in [0.2, 0.25) is 11.8 Å². The Hall–Kier alpha value is -2.90. The van der Waals surface area contributed by atoms with Gasteiger partial charge in [0.25, 0.3) is 5.91 Å². The van der Waals surface area contributed by atoms with E-state index in [2.05, 4.69) is 10.6 Å². The SMILES string of the molecule is CCCCN1C(=O)c2c(NC(C)=O)c3cc(F)ccc3n2C[C@]1(C)C(=O)NC1CCCC1. The number of carbonyl (C=O) groups is 3. The smallest absolute Gasteiger partial charge is 0.273 e. The van der Waals surface area contributed by atoms with E-state index in [9.17, 15) is 18.8 Å². The van der Waals surface area contributed by atoms with Crippen LogP contribution in [0.4, 0.5) is 10.1 Å². The van der Waals surface area contributed by atoms with Crippen LogP contribution in [0.25, 0.3) is 10.9 Å². The molecule has 0 unspecified atom stereocenters. The lowest BCUT2D eigenvalue weighted by molar-refractivity contribution is -0.133. The topological polar surface area (TPSA) is 83.4 Å². The zero-order valence-corrected chi connectivity index (χ0v) is 19.0. The molecule has 0 spiro atoms. The van der Waals surface area contributed by atoms with Crippen molar-refractivity contribution in [3.63, 3.8) is 0 Å².